The summed E-state index contributed by atoms with van der Waals surface area (Å²) in [6.07, 6.45) is 3.69. The quantitative estimate of drug-likeness (QED) is 0.336. The molecule has 0 saturated heterocycles. The third-order valence-corrected chi connectivity index (χ3v) is 9.15. The smallest absolute Gasteiger partial charge is 0.253 e. The molecule has 7 nitrogen and oxygen atoms in total. The van der Waals surface area contributed by atoms with Crippen LogP contribution in [0.25, 0.3) is 0 Å². The average molecular weight is 551 g/mol. The van der Waals surface area contributed by atoms with Crippen molar-refractivity contribution in [2.24, 2.45) is 5.92 Å². The summed E-state index contributed by atoms with van der Waals surface area (Å²) < 4.78 is 34.0. The lowest BCUT2D eigenvalue weighted by Crippen LogP contribution is -2.46. The van der Waals surface area contributed by atoms with Crippen molar-refractivity contribution in [1.82, 2.24) is 9.21 Å². The Morgan fingerprint density at radius 3 is 2.15 bits per heavy atom. The van der Waals surface area contributed by atoms with Gasteiger partial charge in [0.15, 0.2) is 0 Å². The Morgan fingerprint density at radius 1 is 0.923 bits per heavy atom. The summed E-state index contributed by atoms with van der Waals surface area (Å²) in [5, 5.41) is 11.2. The first-order chi connectivity index (χ1) is 18.9. The van der Waals surface area contributed by atoms with Crippen LogP contribution < -0.4 is 4.74 Å². The van der Waals surface area contributed by atoms with Crippen LogP contribution in [0.15, 0.2) is 89.8 Å². The summed E-state index contributed by atoms with van der Waals surface area (Å²) in [4.78, 5) is 15.2. The summed E-state index contributed by atoms with van der Waals surface area (Å²) in [5.41, 5.74) is 1.62. The minimum absolute atomic E-state index is 0.0276. The maximum atomic E-state index is 13.7. The van der Waals surface area contributed by atoms with Gasteiger partial charge in [-0.1, -0.05) is 61.4 Å². The molecule has 0 radical (unpaired) electrons. The van der Waals surface area contributed by atoms with E-state index in [-0.39, 0.29) is 29.8 Å². The first-order valence-corrected chi connectivity index (χ1v) is 15.0. The van der Waals surface area contributed by atoms with E-state index in [9.17, 15) is 18.3 Å². The maximum Gasteiger partial charge on any atom is 0.253 e. The molecule has 0 aromatic heterocycles. The van der Waals surface area contributed by atoms with Gasteiger partial charge >= 0.3 is 0 Å². The molecule has 0 heterocycles. The van der Waals surface area contributed by atoms with Crippen LogP contribution in [-0.2, 0) is 16.4 Å². The number of aliphatic hydroxyl groups excluding tert-OH is 1. The van der Waals surface area contributed by atoms with Crippen molar-refractivity contribution in [2.45, 2.75) is 43.1 Å². The van der Waals surface area contributed by atoms with Gasteiger partial charge in [-0.25, -0.2) is 8.42 Å². The highest BCUT2D eigenvalue weighted by Crippen LogP contribution is 2.28. The Balaban J connectivity index is 1.53. The zero-order chi connectivity index (χ0) is 27.7. The predicted octanol–water partition coefficient (Wildman–Crippen LogP) is 4.62. The Morgan fingerprint density at radius 2 is 1.54 bits per heavy atom. The van der Waals surface area contributed by atoms with Gasteiger partial charge in [-0.15, -0.1) is 0 Å². The number of benzene rings is 3. The van der Waals surface area contributed by atoms with E-state index in [1.807, 2.05) is 48.5 Å². The van der Waals surface area contributed by atoms with Crippen LogP contribution >= 0.6 is 0 Å². The van der Waals surface area contributed by atoms with E-state index in [1.165, 1.54) is 23.5 Å². The molecule has 3 aromatic carbocycles. The van der Waals surface area contributed by atoms with Crippen molar-refractivity contribution in [3.8, 4) is 5.75 Å². The molecule has 208 valence electrons. The standard InChI is InChI=1S/C31H38N2O5S/c1-38-29-16-18-30(19-17-29)39(36,37)33(22-26-12-8-9-13-26)24-28(34)23-32(21-20-25-10-4-2-5-11-25)31(35)27-14-6-3-7-15-27/h2-7,10-11,14-19,26,28,34H,8-9,12-13,20-24H2,1H3/t28-/m0/s1. The molecular weight excluding hydrogens is 512 g/mol. The van der Waals surface area contributed by atoms with Crippen LogP contribution in [0.1, 0.15) is 41.6 Å². The number of aliphatic hydroxyl groups is 1. The van der Waals surface area contributed by atoms with E-state index in [0.29, 0.717) is 30.8 Å². The fourth-order valence-corrected chi connectivity index (χ4v) is 6.70. The molecule has 0 spiro atoms. The first kappa shape index (κ1) is 28.8. The number of nitrogens with zero attached hydrogens (tertiary/aromatic N) is 2. The van der Waals surface area contributed by atoms with E-state index in [4.69, 9.17) is 4.74 Å². The molecule has 1 fully saturated rings. The van der Waals surface area contributed by atoms with E-state index in [1.54, 1.807) is 29.2 Å². The third kappa shape index (κ3) is 7.91. The molecule has 4 rings (SSSR count). The van der Waals surface area contributed by atoms with Crippen molar-refractivity contribution in [3.63, 3.8) is 0 Å². The maximum absolute atomic E-state index is 13.7. The largest absolute Gasteiger partial charge is 0.497 e. The number of hydrogen-bond donors (Lipinski definition) is 1. The molecule has 1 aliphatic rings. The molecule has 0 unspecified atom stereocenters. The van der Waals surface area contributed by atoms with Gasteiger partial charge in [0.25, 0.3) is 5.91 Å². The molecule has 1 N–H and O–H groups in total. The van der Waals surface area contributed by atoms with Gasteiger partial charge in [-0.2, -0.15) is 4.31 Å². The Labute approximate surface area is 232 Å². The number of carbonyl (C=O) groups is 1. The van der Waals surface area contributed by atoms with Crippen LogP contribution in [0.5, 0.6) is 5.75 Å². The molecule has 1 saturated carbocycles. The van der Waals surface area contributed by atoms with E-state index >= 15 is 0 Å². The van der Waals surface area contributed by atoms with Gasteiger partial charge in [0.05, 0.1) is 18.1 Å². The Bertz CT molecular complexity index is 1280. The SMILES string of the molecule is COc1ccc(S(=O)(=O)N(CC2CCCC2)C[C@@H](O)CN(CCc2ccccc2)C(=O)c2ccccc2)cc1. The summed E-state index contributed by atoms with van der Waals surface area (Å²) in [6, 6.07) is 25.2. The monoisotopic (exact) mass is 550 g/mol. The number of rotatable bonds is 13. The van der Waals surface area contributed by atoms with Crippen molar-refractivity contribution < 1.29 is 23.1 Å². The predicted molar refractivity (Wildman–Crippen MR) is 152 cm³/mol. The zero-order valence-corrected chi connectivity index (χ0v) is 23.3. The summed E-state index contributed by atoms with van der Waals surface area (Å²) >= 11 is 0. The fourth-order valence-electron chi connectivity index (χ4n) is 5.14. The van der Waals surface area contributed by atoms with Crippen LogP contribution in [-0.4, -0.2) is 68.0 Å². The number of carbonyl (C=O) groups excluding carboxylic acids is 1. The van der Waals surface area contributed by atoms with E-state index in [0.717, 1.165) is 31.2 Å². The third-order valence-electron chi connectivity index (χ3n) is 7.30. The van der Waals surface area contributed by atoms with Gasteiger partial charge in [-0.05, 0) is 67.1 Å². The van der Waals surface area contributed by atoms with Crippen molar-refractivity contribution in [1.29, 1.82) is 0 Å². The molecule has 0 aliphatic heterocycles. The lowest BCUT2D eigenvalue weighted by molar-refractivity contribution is 0.0585. The lowest BCUT2D eigenvalue weighted by atomic mass is 10.1. The number of methoxy groups -OCH3 is 1. The van der Waals surface area contributed by atoms with Gasteiger partial charge in [0.2, 0.25) is 10.0 Å². The zero-order valence-electron chi connectivity index (χ0n) is 22.5. The van der Waals surface area contributed by atoms with Crippen molar-refractivity contribution in [2.75, 3.05) is 33.3 Å². The topological polar surface area (TPSA) is 87.2 Å². The van der Waals surface area contributed by atoms with Gasteiger partial charge < -0.3 is 14.7 Å². The molecule has 3 aromatic rings. The van der Waals surface area contributed by atoms with Gasteiger partial charge in [-0.3, -0.25) is 4.79 Å². The number of hydrogen-bond acceptors (Lipinski definition) is 5. The molecule has 1 amide bonds. The number of sulfonamides is 1. The summed E-state index contributed by atoms with van der Waals surface area (Å²) in [7, 11) is -2.32. The normalized spacial score (nSPS) is 14.8. The van der Waals surface area contributed by atoms with Crippen molar-refractivity contribution in [3.05, 3.63) is 96.1 Å². The minimum atomic E-state index is -3.86. The second-order valence-corrected chi connectivity index (χ2v) is 12.1. The van der Waals surface area contributed by atoms with E-state index < -0.39 is 16.1 Å². The summed E-state index contributed by atoms with van der Waals surface area (Å²) in [5.74, 6) is 0.640. The Kier molecular flexibility index (Phi) is 10.1. The van der Waals surface area contributed by atoms with Crippen LogP contribution in [0.4, 0.5) is 0 Å². The second-order valence-electron chi connectivity index (χ2n) is 10.2. The van der Waals surface area contributed by atoms with Crippen LogP contribution in [0.3, 0.4) is 0 Å². The average Bonchev–Trinajstić information content (AvgIpc) is 3.49. The van der Waals surface area contributed by atoms with Gasteiger partial charge in [0, 0.05) is 31.7 Å². The highest BCUT2D eigenvalue weighted by atomic mass is 32.2. The molecule has 1 atom stereocenters. The second kappa shape index (κ2) is 13.7. The van der Waals surface area contributed by atoms with Crippen LogP contribution in [0, 0.1) is 5.92 Å². The molecule has 0 bridgehead atoms. The molecular formula is C31H38N2O5S. The number of amides is 1. The highest BCUT2D eigenvalue weighted by molar-refractivity contribution is 7.89. The van der Waals surface area contributed by atoms with Crippen molar-refractivity contribution >= 4 is 15.9 Å². The molecule has 8 heteroatoms. The van der Waals surface area contributed by atoms with Gasteiger partial charge in [0.1, 0.15) is 5.75 Å². The molecule has 1 aliphatic carbocycles. The fraction of sp³-hybridized carbons (Fsp3) is 0.387. The van der Waals surface area contributed by atoms with E-state index in [2.05, 4.69) is 0 Å². The minimum Gasteiger partial charge on any atom is -0.497 e. The number of ether oxygens (including phenoxy) is 1. The molecule has 39 heavy (non-hydrogen) atoms. The Hall–Kier alpha value is -3.20. The van der Waals surface area contributed by atoms with Crippen LogP contribution in [0.2, 0.25) is 0 Å². The first-order valence-electron chi connectivity index (χ1n) is 13.6. The summed E-state index contributed by atoms with van der Waals surface area (Å²) in [6.45, 7) is 0.694. The lowest BCUT2D eigenvalue weighted by Gasteiger charge is -2.30. The highest BCUT2D eigenvalue weighted by Gasteiger charge is 2.31.